The average Bonchev–Trinajstić information content (AvgIpc) is 4.24. The fraction of sp³-hybridized carbons (Fsp3) is 0.368. The summed E-state index contributed by atoms with van der Waals surface area (Å²) in [6, 6.07) is 32.1. The van der Waals surface area contributed by atoms with Crippen LogP contribution in [0.25, 0.3) is 47.7 Å². The van der Waals surface area contributed by atoms with Crippen molar-refractivity contribution in [2.45, 2.75) is 95.2 Å². The Balaban J connectivity index is 0.000000130. The molecule has 3 aliphatic heterocycles. The van der Waals surface area contributed by atoms with Crippen LogP contribution >= 0.6 is 81.8 Å². The second-order valence-corrected chi connectivity index (χ2v) is 25.1. The van der Waals surface area contributed by atoms with Crippen LogP contribution in [0, 0.1) is 0 Å². The largest absolute Gasteiger partial charge is 1.00 e. The molecule has 0 N–H and O–H groups in total. The molecule has 0 saturated heterocycles. The molecule has 0 spiro atoms. The fourth-order valence-corrected chi connectivity index (χ4v) is 17.6. The Morgan fingerprint density at radius 1 is 0.410 bits per heavy atom. The molecule has 15 rings (SSSR count). The lowest BCUT2D eigenvalue weighted by molar-refractivity contribution is -0.676. The molecule has 9 heterocycles. The number of halogens is 6. The van der Waals surface area contributed by atoms with Gasteiger partial charge >= 0.3 is 34.7 Å². The quantitative estimate of drug-likeness (QED) is 0.186. The van der Waals surface area contributed by atoms with Crippen molar-refractivity contribution < 1.29 is 78.9 Å². The minimum atomic E-state index is 0. The highest BCUT2D eigenvalue weighted by atomic mass is 79.9. The number of thiophene rings is 3. The van der Waals surface area contributed by atoms with Crippen molar-refractivity contribution in [2.75, 3.05) is 35.8 Å². The van der Waals surface area contributed by atoms with Crippen LogP contribution < -0.4 is 95.5 Å². The van der Waals surface area contributed by atoms with Crippen LogP contribution in [-0.2, 0) is 38.5 Å². The standard InChI is InChI=1S/3C19H18BrN2O2S.3BrH/c3*20-10-13-11-24-19-21(12-6-2-1-3-7-12)17(23)16-14-8-4-5-9-15(14)25-18(16)22(13)19;;;/h3*1-3,6-7,13H,4-5,8-11H2;3*1H/q3*+1;;;/p-3. The Kier molecular flexibility index (Phi) is 18.1. The van der Waals surface area contributed by atoms with E-state index in [2.05, 4.69) is 61.5 Å². The zero-order chi connectivity index (χ0) is 50.9. The summed E-state index contributed by atoms with van der Waals surface area (Å²) in [6.07, 6.45) is 13.5. The van der Waals surface area contributed by atoms with E-state index in [0.717, 1.165) is 102 Å². The van der Waals surface area contributed by atoms with Crippen molar-refractivity contribution in [2.24, 2.45) is 0 Å². The summed E-state index contributed by atoms with van der Waals surface area (Å²) in [6.45, 7) is 1.79. The van der Waals surface area contributed by atoms with Crippen LogP contribution in [0.1, 0.15) is 88.0 Å². The van der Waals surface area contributed by atoms with Gasteiger partial charge in [-0.25, -0.2) is 14.4 Å². The molecule has 0 bridgehead atoms. The maximum Gasteiger partial charge on any atom is 0.466 e. The van der Waals surface area contributed by atoms with Crippen molar-refractivity contribution in [3.63, 3.8) is 0 Å². The van der Waals surface area contributed by atoms with Gasteiger partial charge in [-0.2, -0.15) is 13.7 Å². The van der Waals surface area contributed by atoms with Crippen LogP contribution in [-0.4, -0.2) is 49.5 Å². The van der Waals surface area contributed by atoms with Gasteiger partial charge in [0.15, 0.2) is 0 Å². The van der Waals surface area contributed by atoms with E-state index in [1.807, 2.05) is 91.0 Å². The molecular formula is C57H54Br6N6O6S3. The van der Waals surface area contributed by atoms with E-state index in [0.29, 0.717) is 37.9 Å². The van der Waals surface area contributed by atoms with Crippen LogP contribution in [0.15, 0.2) is 105 Å². The molecule has 0 saturated carbocycles. The second-order valence-electron chi connectivity index (χ2n) is 19.9. The third-order valence-electron chi connectivity index (χ3n) is 15.4. The van der Waals surface area contributed by atoms with Crippen LogP contribution in [0.3, 0.4) is 0 Å². The Morgan fingerprint density at radius 3 is 0.923 bits per heavy atom. The number of fused-ring (bicyclic) bond motifs is 15. The zero-order valence-electron chi connectivity index (χ0n) is 42.2. The van der Waals surface area contributed by atoms with Gasteiger partial charge < -0.3 is 65.2 Å². The summed E-state index contributed by atoms with van der Waals surface area (Å²) >= 11 is 16.2. The Hall–Kier alpha value is -3.54. The summed E-state index contributed by atoms with van der Waals surface area (Å²) in [5.74, 6) is 0. The molecule has 0 radical (unpaired) electrons. The minimum absolute atomic E-state index is 0. The third-order valence-corrected chi connectivity index (χ3v) is 21.6. The fourth-order valence-electron chi connectivity index (χ4n) is 11.9. The molecule has 0 amide bonds. The normalized spacial score (nSPS) is 18.1. The molecular weight excluding hydrogens is 1440 g/mol. The molecule has 0 fully saturated rings. The predicted molar refractivity (Wildman–Crippen MR) is 308 cm³/mol. The number of hydrogen-bond donors (Lipinski definition) is 0. The predicted octanol–water partition coefficient (Wildman–Crippen LogP) is 1.65. The number of rotatable bonds is 6. The van der Waals surface area contributed by atoms with Crippen LogP contribution in [0.2, 0.25) is 0 Å². The molecule has 3 aromatic carbocycles. The van der Waals surface area contributed by atoms with Crippen LogP contribution in [0.4, 0.5) is 0 Å². The molecule has 408 valence electrons. The van der Waals surface area contributed by atoms with Gasteiger partial charge in [0.2, 0.25) is 14.5 Å². The number of ether oxygens (including phenoxy) is 3. The highest BCUT2D eigenvalue weighted by Gasteiger charge is 2.43. The van der Waals surface area contributed by atoms with E-state index in [1.54, 1.807) is 47.7 Å². The number of benzene rings is 3. The van der Waals surface area contributed by atoms with Crippen molar-refractivity contribution in [1.29, 1.82) is 0 Å². The van der Waals surface area contributed by atoms with Crippen molar-refractivity contribution in [3.05, 3.63) is 153 Å². The van der Waals surface area contributed by atoms with Crippen LogP contribution in [0.5, 0.6) is 18.0 Å². The summed E-state index contributed by atoms with van der Waals surface area (Å²) < 4.78 is 30.0. The second kappa shape index (κ2) is 24.5. The van der Waals surface area contributed by atoms with E-state index in [4.69, 9.17) is 14.2 Å². The van der Waals surface area contributed by atoms with E-state index in [1.165, 1.54) is 69.8 Å². The van der Waals surface area contributed by atoms with Gasteiger partial charge in [0.1, 0.15) is 71.2 Å². The van der Waals surface area contributed by atoms with E-state index >= 15 is 0 Å². The van der Waals surface area contributed by atoms with Gasteiger partial charge in [-0.05, 0) is 130 Å². The molecule has 3 unspecified atom stereocenters. The first-order chi connectivity index (χ1) is 36.9. The Labute approximate surface area is 519 Å². The topological polar surface area (TPSA) is 105 Å². The first-order valence-electron chi connectivity index (χ1n) is 26.0. The highest BCUT2D eigenvalue weighted by molar-refractivity contribution is 9.09. The van der Waals surface area contributed by atoms with E-state index < -0.39 is 0 Å². The Bertz CT molecular complexity index is 3490. The minimum Gasteiger partial charge on any atom is -1.00 e. The summed E-state index contributed by atoms with van der Waals surface area (Å²) in [7, 11) is 0. The van der Waals surface area contributed by atoms with Crippen molar-refractivity contribution >= 4 is 112 Å². The molecule has 6 aliphatic rings. The maximum absolute atomic E-state index is 13.5. The molecule has 3 atom stereocenters. The first-order valence-corrected chi connectivity index (χ1v) is 31.9. The summed E-state index contributed by atoms with van der Waals surface area (Å²) in [5, 5.41) is 5.16. The SMILES string of the molecule is O=c1c2c3c(sc2[n+]2c(n1-c1ccccc1)OCC2CBr)CCCC3.O=c1c2c3c(sc2[n+]2c(n1-c1ccccc1)OCC2CBr)CCCC3.O=c1c2c3c(sc2[n+]2c(n1-c1ccccc1)OCC2CBr)CCCC3.[Br-].[Br-].[Br-]. The molecule has 6 aromatic heterocycles. The smallest absolute Gasteiger partial charge is 0.466 e. The van der Waals surface area contributed by atoms with Gasteiger partial charge in [-0.15, -0.1) is 13.7 Å². The maximum atomic E-state index is 13.5. The van der Waals surface area contributed by atoms with Gasteiger partial charge in [0.05, 0.1) is 0 Å². The van der Waals surface area contributed by atoms with Crippen molar-refractivity contribution in [3.8, 4) is 35.1 Å². The molecule has 21 heteroatoms. The average molecular weight is 1490 g/mol. The number of para-hydroxylation sites is 3. The van der Waals surface area contributed by atoms with E-state index in [9.17, 15) is 14.4 Å². The monoisotopic (exact) mass is 1490 g/mol. The highest BCUT2D eigenvalue weighted by Crippen LogP contribution is 2.40. The molecule has 9 aromatic rings. The Morgan fingerprint density at radius 2 is 0.667 bits per heavy atom. The van der Waals surface area contributed by atoms with Crippen molar-refractivity contribution in [1.82, 2.24) is 13.7 Å². The number of aromatic nitrogens is 6. The molecule has 12 nitrogen and oxygen atoms in total. The number of alkyl halides is 3. The lowest BCUT2D eigenvalue weighted by Gasteiger charge is -2.10. The third kappa shape index (κ3) is 9.79. The van der Waals surface area contributed by atoms with E-state index in [-0.39, 0.29) is 85.7 Å². The van der Waals surface area contributed by atoms with Gasteiger partial charge in [0, 0.05) is 30.6 Å². The molecule has 3 aliphatic carbocycles. The molecule has 78 heavy (non-hydrogen) atoms. The lowest BCUT2D eigenvalue weighted by Crippen LogP contribution is -3.00. The summed E-state index contributed by atoms with van der Waals surface area (Å²) in [4.78, 5) is 47.9. The number of aryl methyl sites for hydroxylation is 6. The van der Waals surface area contributed by atoms with Gasteiger partial charge in [0.25, 0.3) is 0 Å². The number of nitrogens with zero attached hydrogens (tertiary/aromatic N) is 6. The lowest BCUT2D eigenvalue weighted by atomic mass is 9.97. The number of hydrogen-bond acceptors (Lipinski definition) is 9. The first kappa shape index (κ1) is 57.7. The zero-order valence-corrected chi connectivity index (χ0v) is 54.2. The van der Waals surface area contributed by atoms with Gasteiger partial charge in [-0.3, -0.25) is 0 Å². The van der Waals surface area contributed by atoms with Gasteiger partial charge in [-0.1, -0.05) is 136 Å². The summed E-state index contributed by atoms with van der Waals surface area (Å²) in [5.41, 5.74) is 6.59.